The molecular formula is C38H49N5O5. The van der Waals surface area contributed by atoms with Gasteiger partial charge in [-0.3, -0.25) is 9.78 Å². The van der Waals surface area contributed by atoms with Gasteiger partial charge in [0, 0.05) is 48.5 Å². The number of carbonyl (C=O) groups is 2. The summed E-state index contributed by atoms with van der Waals surface area (Å²) >= 11 is 0. The maximum absolute atomic E-state index is 13.8. The van der Waals surface area contributed by atoms with Crippen molar-refractivity contribution in [1.82, 2.24) is 19.0 Å². The van der Waals surface area contributed by atoms with Gasteiger partial charge in [-0.25, -0.2) is 14.2 Å². The standard InChI is InChI=1S/C38H49N5O5/c1-37(2,3)47-35(45)42(23-26-11-10-12-26)25-29-20-28-14-13-27(19-32(28)43(29)36(46)48-38(4,5)6)24-41-18-15-30-31(34(41)44)21-39-22-33(30)40-16-8-7-9-17-40/h13-15,18-22,26H,7-12,16-17,23-25H2,1-6H3. The van der Waals surface area contributed by atoms with E-state index in [4.69, 9.17) is 9.47 Å². The lowest BCUT2D eigenvalue weighted by molar-refractivity contribution is 0.0163. The number of piperidine rings is 1. The fraction of sp³-hybridized carbons (Fsp3) is 0.526. The van der Waals surface area contributed by atoms with Crippen LogP contribution in [0.4, 0.5) is 15.3 Å². The molecule has 1 aliphatic carbocycles. The fourth-order valence-corrected chi connectivity index (χ4v) is 6.65. The predicted octanol–water partition coefficient (Wildman–Crippen LogP) is 7.71. The smallest absolute Gasteiger partial charge is 0.419 e. The molecule has 4 heterocycles. The molecule has 1 saturated carbocycles. The number of hydrogen-bond acceptors (Lipinski definition) is 7. The minimum atomic E-state index is -0.723. The lowest BCUT2D eigenvalue weighted by Crippen LogP contribution is -2.41. The molecule has 0 spiro atoms. The maximum Gasteiger partial charge on any atom is 0.419 e. The largest absolute Gasteiger partial charge is 0.444 e. The Morgan fingerprint density at radius 2 is 1.62 bits per heavy atom. The average molecular weight is 656 g/mol. The number of pyridine rings is 2. The SMILES string of the molecule is CC(C)(C)OC(=O)N(Cc1cc2ccc(Cn3ccc4c(N5CCCCC5)cncc4c3=O)cc2n1C(=O)OC(C)(C)C)CC1CCC1. The minimum Gasteiger partial charge on any atom is -0.444 e. The van der Waals surface area contributed by atoms with Gasteiger partial charge in [-0.05, 0) is 103 Å². The van der Waals surface area contributed by atoms with E-state index in [9.17, 15) is 14.4 Å². The third kappa shape index (κ3) is 7.53. The van der Waals surface area contributed by atoms with Crippen LogP contribution in [0, 0.1) is 5.92 Å². The van der Waals surface area contributed by atoms with Crippen molar-refractivity contribution in [1.29, 1.82) is 0 Å². The Morgan fingerprint density at radius 3 is 2.29 bits per heavy atom. The number of rotatable bonds is 7. The number of carbonyl (C=O) groups excluding carboxylic acids is 2. The van der Waals surface area contributed by atoms with Crippen LogP contribution < -0.4 is 10.5 Å². The average Bonchev–Trinajstić information content (AvgIpc) is 3.35. The van der Waals surface area contributed by atoms with E-state index in [0.29, 0.717) is 35.6 Å². The number of fused-ring (bicyclic) bond motifs is 2. The number of nitrogens with zero attached hydrogens (tertiary/aromatic N) is 5. The lowest BCUT2D eigenvalue weighted by atomic mass is 9.85. The molecule has 10 heteroatoms. The molecule has 10 nitrogen and oxygen atoms in total. The third-order valence-corrected chi connectivity index (χ3v) is 9.16. The highest BCUT2D eigenvalue weighted by atomic mass is 16.6. The molecule has 0 radical (unpaired) electrons. The zero-order valence-electron chi connectivity index (χ0n) is 29.3. The van der Waals surface area contributed by atoms with Crippen LogP contribution in [0.3, 0.4) is 0 Å². The summed E-state index contributed by atoms with van der Waals surface area (Å²) in [4.78, 5) is 49.4. The summed E-state index contributed by atoms with van der Waals surface area (Å²) in [7, 11) is 0. The molecule has 4 aromatic rings. The summed E-state index contributed by atoms with van der Waals surface area (Å²) in [6.07, 6.45) is 11.3. The van der Waals surface area contributed by atoms with Crippen LogP contribution in [-0.4, -0.2) is 62.0 Å². The van der Waals surface area contributed by atoms with E-state index in [0.717, 1.165) is 67.2 Å². The highest BCUT2D eigenvalue weighted by molar-refractivity contribution is 5.93. The van der Waals surface area contributed by atoms with Crippen molar-refractivity contribution >= 4 is 39.5 Å². The monoisotopic (exact) mass is 655 g/mol. The van der Waals surface area contributed by atoms with Gasteiger partial charge in [0.2, 0.25) is 0 Å². The topological polar surface area (TPSA) is 98.9 Å². The Balaban J connectivity index is 1.35. The number of anilines is 1. The summed E-state index contributed by atoms with van der Waals surface area (Å²) in [6.45, 7) is 14.1. The molecule has 6 rings (SSSR count). The van der Waals surface area contributed by atoms with E-state index < -0.39 is 23.4 Å². The normalized spacial score (nSPS) is 15.8. The van der Waals surface area contributed by atoms with Gasteiger partial charge >= 0.3 is 12.2 Å². The summed E-state index contributed by atoms with van der Waals surface area (Å²) in [5.74, 6) is 0.412. The number of hydrogen-bond donors (Lipinski definition) is 0. The highest BCUT2D eigenvalue weighted by Gasteiger charge is 2.30. The Labute approximate surface area is 282 Å². The van der Waals surface area contributed by atoms with Crippen LogP contribution in [-0.2, 0) is 22.6 Å². The van der Waals surface area contributed by atoms with E-state index in [-0.39, 0.29) is 12.1 Å². The molecule has 0 atom stereocenters. The van der Waals surface area contributed by atoms with Crippen LogP contribution in [0.1, 0.15) is 91.3 Å². The first-order valence-electron chi connectivity index (χ1n) is 17.3. The summed E-state index contributed by atoms with van der Waals surface area (Å²) in [5, 5.41) is 2.35. The van der Waals surface area contributed by atoms with Crippen molar-refractivity contribution in [2.24, 2.45) is 5.92 Å². The molecule has 0 bridgehead atoms. The van der Waals surface area contributed by atoms with Gasteiger partial charge in [-0.2, -0.15) is 0 Å². The Kier molecular flexibility index (Phi) is 9.29. The van der Waals surface area contributed by atoms with E-state index in [1.54, 1.807) is 20.2 Å². The summed E-state index contributed by atoms with van der Waals surface area (Å²) in [6, 6.07) is 9.82. The van der Waals surface area contributed by atoms with Gasteiger partial charge in [-0.1, -0.05) is 18.6 Å². The van der Waals surface area contributed by atoms with E-state index in [1.807, 2.05) is 84.3 Å². The van der Waals surface area contributed by atoms with Crippen molar-refractivity contribution in [3.63, 3.8) is 0 Å². The third-order valence-electron chi connectivity index (χ3n) is 9.16. The van der Waals surface area contributed by atoms with Crippen LogP contribution in [0.5, 0.6) is 0 Å². The minimum absolute atomic E-state index is 0.105. The summed E-state index contributed by atoms with van der Waals surface area (Å²) < 4.78 is 14.9. The van der Waals surface area contributed by atoms with Gasteiger partial charge in [0.15, 0.2) is 0 Å². The van der Waals surface area contributed by atoms with Crippen molar-refractivity contribution < 1.29 is 19.1 Å². The highest BCUT2D eigenvalue weighted by Crippen LogP contribution is 2.31. The van der Waals surface area contributed by atoms with Gasteiger partial charge in [0.25, 0.3) is 5.56 Å². The van der Waals surface area contributed by atoms with E-state index in [2.05, 4.69) is 9.88 Å². The van der Waals surface area contributed by atoms with Crippen LogP contribution in [0.25, 0.3) is 21.7 Å². The van der Waals surface area contributed by atoms with Crippen LogP contribution >= 0.6 is 0 Å². The molecule has 1 aromatic carbocycles. The van der Waals surface area contributed by atoms with Gasteiger partial charge < -0.3 is 23.8 Å². The molecule has 1 aliphatic heterocycles. The predicted molar refractivity (Wildman–Crippen MR) is 189 cm³/mol. The first kappa shape index (κ1) is 33.6. The Bertz CT molecular complexity index is 1870. The molecule has 2 fully saturated rings. The van der Waals surface area contributed by atoms with Gasteiger partial charge in [0.05, 0.1) is 35.9 Å². The van der Waals surface area contributed by atoms with Crippen molar-refractivity contribution in [3.8, 4) is 0 Å². The number of ether oxygens (including phenoxy) is 2. The number of aromatic nitrogens is 3. The van der Waals surface area contributed by atoms with Gasteiger partial charge in [-0.15, -0.1) is 0 Å². The fourth-order valence-electron chi connectivity index (χ4n) is 6.65. The van der Waals surface area contributed by atoms with E-state index in [1.165, 1.54) is 6.42 Å². The molecule has 1 saturated heterocycles. The van der Waals surface area contributed by atoms with Crippen LogP contribution in [0.15, 0.2) is 53.7 Å². The lowest BCUT2D eigenvalue weighted by Gasteiger charge is -2.33. The first-order valence-corrected chi connectivity index (χ1v) is 17.3. The molecule has 0 unspecified atom stereocenters. The molecular weight excluding hydrogens is 606 g/mol. The molecule has 3 aromatic heterocycles. The molecule has 0 N–H and O–H groups in total. The first-order chi connectivity index (χ1) is 22.8. The Morgan fingerprint density at radius 1 is 0.896 bits per heavy atom. The molecule has 256 valence electrons. The molecule has 2 aliphatic rings. The second-order valence-corrected chi connectivity index (χ2v) is 15.4. The van der Waals surface area contributed by atoms with Gasteiger partial charge in [0.1, 0.15) is 11.2 Å². The molecule has 48 heavy (non-hydrogen) atoms. The zero-order valence-corrected chi connectivity index (χ0v) is 29.3. The maximum atomic E-state index is 13.8. The van der Waals surface area contributed by atoms with Crippen molar-refractivity contribution in [3.05, 3.63) is 70.5 Å². The number of benzene rings is 1. The van der Waals surface area contributed by atoms with Crippen molar-refractivity contribution in [2.75, 3.05) is 24.5 Å². The second kappa shape index (κ2) is 13.3. The zero-order chi connectivity index (χ0) is 34.2. The molecule has 1 amide bonds. The Hall–Kier alpha value is -4.34. The summed E-state index contributed by atoms with van der Waals surface area (Å²) in [5.41, 5.74) is 1.70. The van der Waals surface area contributed by atoms with Crippen LogP contribution in [0.2, 0.25) is 0 Å². The second-order valence-electron chi connectivity index (χ2n) is 15.4. The van der Waals surface area contributed by atoms with E-state index >= 15 is 0 Å². The number of amides is 1. The van der Waals surface area contributed by atoms with Crippen molar-refractivity contribution in [2.45, 2.75) is 104 Å². The quantitative estimate of drug-likeness (QED) is 0.201.